The fourth-order valence-corrected chi connectivity index (χ4v) is 2.55. The number of esters is 1. The van der Waals surface area contributed by atoms with Gasteiger partial charge in [-0.1, -0.05) is 26.0 Å². The molecule has 2 heterocycles. The summed E-state index contributed by atoms with van der Waals surface area (Å²) in [5.74, 6) is -1.50. The molecule has 0 radical (unpaired) electrons. The van der Waals surface area contributed by atoms with Gasteiger partial charge in [0.15, 0.2) is 5.76 Å². The Balaban J connectivity index is 2.00. The van der Waals surface area contributed by atoms with Crippen LogP contribution in [-0.2, 0) is 9.53 Å². The second kappa shape index (κ2) is 6.43. The lowest BCUT2D eigenvalue weighted by Gasteiger charge is -2.18. The van der Waals surface area contributed by atoms with Gasteiger partial charge in [0.1, 0.15) is 17.0 Å². The molecule has 0 fully saturated rings. The zero-order chi connectivity index (χ0) is 18.1. The molecule has 0 spiro atoms. The maximum Gasteiger partial charge on any atom is 0.328 e. The molecule has 1 aromatic carbocycles. The molecule has 1 amide bonds. The van der Waals surface area contributed by atoms with Crippen molar-refractivity contribution in [3.8, 4) is 0 Å². The predicted octanol–water partition coefficient (Wildman–Crippen LogP) is 2.47. The minimum Gasteiger partial charge on any atom is -0.467 e. The minimum atomic E-state index is -0.826. The van der Waals surface area contributed by atoms with Gasteiger partial charge in [-0.25, -0.2) is 4.79 Å². The smallest absolute Gasteiger partial charge is 0.328 e. The molecule has 0 aliphatic carbocycles. The molecule has 0 saturated carbocycles. The number of hydrogen-bond donors (Lipinski definition) is 1. The van der Waals surface area contributed by atoms with E-state index >= 15 is 0 Å². The van der Waals surface area contributed by atoms with Crippen molar-refractivity contribution in [2.24, 2.45) is 5.92 Å². The van der Waals surface area contributed by atoms with E-state index in [2.05, 4.69) is 10.1 Å². The van der Waals surface area contributed by atoms with Crippen LogP contribution in [0.15, 0.2) is 44.0 Å². The zero-order valence-corrected chi connectivity index (χ0v) is 14.0. The van der Waals surface area contributed by atoms with E-state index in [-0.39, 0.29) is 28.3 Å². The quantitative estimate of drug-likeness (QED) is 0.731. The Labute approximate surface area is 142 Å². The average molecular weight is 343 g/mol. The van der Waals surface area contributed by atoms with E-state index in [9.17, 15) is 14.4 Å². The molecule has 2 aromatic heterocycles. The van der Waals surface area contributed by atoms with Crippen LogP contribution in [-0.4, -0.2) is 25.0 Å². The summed E-state index contributed by atoms with van der Waals surface area (Å²) in [5, 5.41) is 3.12. The largest absolute Gasteiger partial charge is 0.467 e. The number of fused-ring (bicyclic) bond motifs is 2. The Bertz CT molecular complexity index is 1010. The molecule has 1 atom stereocenters. The van der Waals surface area contributed by atoms with E-state index in [1.54, 1.807) is 38.1 Å². The number of hydrogen-bond acceptors (Lipinski definition) is 6. The molecule has 1 unspecified atom stereocenters. The van der Waals surface area contributed by atoms with E-state index < -0.39 is 17.9 Å². The van der Waals surface area contributed by atoms with Crippen molar-refractivity contribution in [2.45, 2.75) is 19.9 Å². The topological polar surface area (TPSA) is 98.8 Å². The third-order valence-electron chi connectivity index (χ3n) is 3.91. The number of methoxy groups -OCH3 is 1. The van der Waals surface area contributed by atoms with E-state index in [4.69, 9.17) is 8.83 Å². The number of carbonyl (C=O) groups is 2. The predicted molar refractivity (Wildman–Crippen MR) is 90.4 cm³/mol. The van der Waals surface area contributed by atoms with Gasteiger partial charge >= 0.3 is 11.7 Å². The van der Waals surface area contributed by atoms with Crippen LogP contribution in [0.2, 0.25) is 0 Å². The highest BCUT2D eigenvalue weighted by Gasteiger charge is 2.27. The average Bonchev–Trinajstić information content (AvgIpc) is 3.03. The highest BCUT2D eigenvalue weighted by molar-refractivity contribution is 5.98. The Morgan fingerprint density at radius 1 is 1.12 bits per heavy atom. The molecule has 0 saturated heterocycles. The number of para-hydroxylation sites is 1. The Hall–Kier alpha value is -3.09. The van der Waals surface area contributed by atoms with Gasteiger partial charge in [-0.2, -0.15) is 0 Å². The van der Waals surface area contributed by atoms with Gasteiger partial charge in [-0.15, -0.1) is 0 Å². The molecule has 0 aliphatic heterocycles. The number of ether oxygens (including phenoxy) is 1. The van der Waals surface area contributed by atoms with Crippen molar-refractivity contribution < 1.29 is 23.2 Å². The maximum absolute atomic E-state index is 12.5. The maximum atomic E-state index is 12.5. The lowest BCUT2D eigenvalue weighted by atomic mass is 10.0. The van der Waals surface area contributed by atoms with E-state index in [0.29, 0.717) is 11.0 Å². The number of carbonyl (C=O) groups excluding carboxylic acids is 2. The third-order valence-corrected chi connectivity index (χ3v) is 3.91. The Morgan fingerprint density at radius 2 is 1.84 bits per heavy atom. The highest BCUT2D eigenvalue weighted by atomic mass is 16.5. The van der Waals surface area contributed by atoms with Crippen molar-refractivity contribution in [1.29, 1.82) is 0 Å². The van der Waals surface area contributed by atoms with Crippen molar-refractivity contribution >= 4 is 34.0 Å². The first-order valence-electron chi connectivity index (χ1n) is 7.76. The first-order chi connectivity index (χ1) is 11.9. The van der Waals surface area contributed by atoms with Crippen LogP contribution in [0.1, 0.15) is 24.4 Å². The number of nitrogens with one attached hydrogen (secondary N) is 1. The van der Waals surface area contributed by atoms with Crippen LogP contribution in [0.25, 0.3) is 22.1 Å². The first kappa shape index (κ1) is 16.8. The molecule has 130 valence electrons. The molecular weight excluding hydrogens is 326 g/mol. The van der Waals surface area contributed by atoms with Crippen LogP contribution >= 0.6 is 0 Å². The van der Waals surface area contributed by atoms with Crippen molar-refractivity contribution in [2.75, 3.05) is 7.11 Å². The van der Waals surface area contributed by atoms with Crippen LogP contribution < -0.4 is 10.7 Å². The molecule has 3 aromatic rings. The Morgan fingerprint density at radius 3 is 2.52 bits per heavy atom. The lowest BCUT2D eigenvalue weighted by molar-refractivity contribution is -0.144. The summed E-state index contributed by atoms with van der Waals surface area (Å²) in [4.78, 5) is 36.7. The molecular formula is C18H17NO6. The summed E-state index contributed by atoms with van der Waals surface area (Å²) in [6.45, 7) is 3.55. The summed E-state index contributed by atoms with van der Waals surface area (Å²) in [5.41, 5.74) is 0.0870. The van der Waals surface area contributed by atoms with E-state index in [1.165, 1.54) is 13.2 Å². The molecule has 7 nitrogen and oxygen atoms in total. The number of amides is 1. The first-order valence-corrected chi connectivity index (χ1v) is 7.76. The molecule has 1 N–H and O–H groups in total. The normalized spacial score (nSPS) is 12.5. The molecule has 0 aliphatic rings. The molecule has 0 bridgehead atoms. The monoisotopic (exact) mass is 343 g/mol. The fraction of sp³-hybridized carbons (Fsp3) is 0.278. The van der Waals surface area contributed by atoms with Gasteiger partial charge < -0.3 is 18.9 Å². The van der Waals surface area contributed by atoms with Gasteiger partial charge in [-0.3, -0.25) is 9.59 Å². The summed E-state index contributed by atoms with van der Waals surface area (Å²) in [6.07, 6.45) is 0. The van der Waals surface area contributed by atoms with Crippen LogP contribution in [0.5, 0.6) is 0 Å². The highest BCUT2D eigenvalue weighted by Crippen LogP contribution is 2.22. The van der Waals surface area contributed by atoms with Gasteiger partial charge in [0.05, 0.1) is 12.5 Å². The molecule has 25 heavy (non-hydrogen) atoms. The third kappa shape index (κ3) is 3.00. The second-order valence-electron chi connectivity index (χ2n) is 5.96. The summed E-state index contributed by atoms with van der Waals surface area (Å²) >= 11 is 0. The summed E-state index contributed by atoms with van der Waals surface area (Å²) < 4.78 is 15.6. The standard InChI is InChI=1S/C18H17NO6/c1-9(2)14(17(22)23-3)19-16(21)13-8-11-15(20)10-6-4-5-7-12(10)24-18(11)25-13/h4-9,14H,1-3H3,(H,19,21). The number of furan rings is 1. The van der Waals surface area contributed by atoms with Gasteiger partial charge in [0, 0.05) is 6.07 Å². The van der Waals surface area contributed by atoms with Crippen molar-refractivity contribution in [3.63, 3.8) is 0 Å². The van der Waals surface area contributed by atoms with Gasteiger partial charge in [0.25, 0.3) is 5.91 Å². The summed E-state index contributed by atoms with van der Waals surface area (Å²) in [6, 6.07) is 7.23. The van der Waals surface area contributed by atoms with Gasteiger partial charge in [0.2, 0.25) is 5.43 Å². The van der Waals surface area contributed by atoms with Crippen LogP contribution in [0, 0.1) is 5.92 Å². The SMILES string of the molecule is COC(=O)C(NC(=O)c1cc2c(=O)c3ccccc3oc2o1)C(C)C. The van der Waals surface area contributed by atoms with Crippen molar-refractivity contribution in [3.05, 3.63) is 46.3 Å². The number of benzene rings is 1. The van der Waals surface area contributed by atoms with E-state index in [0.717, 1.165) is 0 Å². The van der Waals surface area contributed by atoms with E-state index in [1.807, 2.05) is 0 Å². The van der Waals surface area contributed by atoms with Crippen LogP contribution in [0.3, 0.4) is 0 Å². The fourth-order valence-electron chi connectivity index (χ4n) is 2.55. The molecule has 3 rings (SSSR count). The zero-order valence-electron chi connectivity index (χ0n) is 14.0. The van der Waals surface area contributed by atoms with Gasteiger partial charge in [-0.05, 0) is 18.1 Å². The molecule has 7 heteroatoms. The van der Waals surface area contributed by atoms with Crippen LogP contribution in [0.4, 0.5) is 0 Å². The number of rotatable bonds is 4. The lowest BCUT2D eigenvalue weighted by Crippen LogP contribution is -2.44. The minimum absolute atomic E-state index is 0.0342. The Kier molecular flexibility index (Phi) is 4.31. The second-order valence-corrected chi connectivity index (χ2v) is 5.96. The van der Waals surface area contributed by atoms with Crippen molar-refractivity contribution in [1.82, 2.24) is 5.32 Å². The summed E-state index contributed by atoms with van der Waals surface area (Å²) in [7, 11) is 1.25.